The molecule has 2 aromatic carbocycles. The van der Waals surface area contributed by atoms with E-state index in [-0.39, 0.29) is 30.1 Å². The highest BCUT2D eigenvalue weighted by Gasteiger charge is 2.33. The van der Waals surface area contributed by atoms with Crippen LogP contribution in [0.1, 0.15) is 92.5 Å². The van der Waals surface area contributed by atoms with Gasteiger partial charge in [-0.15, -0.1) is 11.3 Å². The third-order valence-electron chi connectivity index (χ3n) is 8.63. The molecule has 43 heavy (non-hydrogen) atoms. The van der Waals surface area contributed by atoms with Gasteiger partial charge in [-0.2, -0.15) is 0 Å². The number of amides is 1. The summed E-state index contributed by atoms with van der Waals surface area (Å²) in [6, 6.07) is 20.6. The van der Waals surface area contributed by atoms with E-state index in [0.29, 0.717) is 43.6 Å². The zero-order valence-corrected chi connectivity index (χ0v) is 26.8. The fourth-order valence-electron chi connectivity index (χ4n) is 6.37. The van der Waals surface area contributed by atoms with Gasteiger partial charge in [-0.25, -0.2) is 4.98 Å². The second kappa shape index (κ2) is 14.5. The molecule has 7 heteroatoms. The monoisotopic (exact) mass is 599 g/mol. The van der Waals surface area contributed by atoms with Crippen LogP contribution in [0.15, 0.2) is 66.0 Å². The van der Waals surface area contributed by atoms with Crippen molar-refractivity contribution >= 4 is 34.1 Å². The summed E-state index contributed by atoms with van der Waals surface area (Å²) in [5.41, 5.74) is 3.70. The Kier molecular flexibility index (Phi) is 10.5. The van der Waals surface area contributed by atoms with Crippen molar-refractivity contribution in [2.45, 2.75) is 85.0 Å². The molecule has 0 unspecified atom stereocenters. The molecule has 1 aliphatic heterocycles. The van der Waals surface area contributed by atoms with Gasteiger partial charge in [-0.3, -0.25) is 9.59 Å². The maximum absolute atomic E-state index is 13.7. The Balaban J connectivity index is 1.30. The molecule has 0 radical (unpaired) electrons. The van der Waals surface area contributed by atoms with Gasteiger partial charge in [0.05, 0.1) is 23.7 Å². The van der Waals surface area contributed by atoms with Crippen LogP contribution in [0.2, 0.25) is 0 Å². The highest BCUT2D eigenvalue weighted by molar-refractivity contribution is 7.09. The first-order valence-corrected chi connectivity index (χ1v) is 16.7. The first-order valence-electron chi connectivity index (χ1n) is 15.9. The van der Waals surface area contributed by atoms with Crippen LogP contribution in [0, 0.1) is 11.8 Å². The maximum Gasteiger partial charge on any atom is 0.226 e. The van der Waals surface area contributed by atoms with Gasteiger partial charge in [0, 0.05) is 48.3 Å². The highest BCUT2D eigenvalue weighted by atomic mass is 32.1. The number of hydrogen-bond acceptors (Lipinski definition) is 5. The van der Waals surface area contributed by atoms with Crippen molar-refractivity contribution in [3.63, 3.8) is 0 Å². The topological polar surface area (TPSA) is 64.4 Å². The molecule has 5 rings (SSSR count). The van der Waals surface area contributed by atoms with Crippen LogP contribution >= 0.6 is 11.3 Å². The Morgan fingerprint density at radius 2 is 1.84 bits per heavy atom. The summed E-state index contributed by atoms with van der Waals surface area (Å²) in [6.07, 6.45) is 4.57. The fourth-order valence-corrected chi connectivity index (χ4v) is 7.07. The summed E-state index contributed by atoms with van der Waals surface area (Å²) in [5.74, 6) is 1.10. The molecule has 1 saturated heterocycles. The summed E-state index contributed by atoms with van der Waals surface area (Å²) in [4.78, 5) is 35.7. The van der Waals surface area contributed by atoms with Crippen LogP contribution in [0.25, 0.3) is 11.0 Å². The van der Waals surface area contributed by atoms with Crippen molar-refractivity contribution in [1.82, 2.24) is 14.5 Å². The Hall–Kier alpha value is -3.29. The Bertz CT molecular complexity index is 1490. The number of benzene rings is 2. The van der Waals surface area contributed by atoms with Crippen LogP contribution in [0.5, 0.6) is 0 Å². The minimum Gasteiger partial charge on any atom is -0.372 e. The average molecular weight is 600 g/mol. The van der Waals surface area contributed by atoms with Gasteiger partial charge in [0.2, 0.25) is 5.91 Å². The zero-order valence-electron chi connectivity index (χ0n) is 26.0. The predicted octanol–water partition coefficient (Wildman–Crippen LogP) is 8.10. The largest absolute Gasteiger partial charge is 0.372 e. The number of carbonyl (C=O) groups excluding carboxylic acids is 2. The number of imidazole rings is 1. The first kappa shape index (κ1) is 31.1. The number of nitrogens with zero attached hydrogens (tertiary/aromatic N) is 3. The van der Waals surface area contributed by atoms with Gasteiger partial charge >= 0.3 is 0 Å². The number of ketones is 1. The van der Waals surface area contributed by atoms with E-state index in [1.807, 2.05) is 35.2 Å². The number of Topliss-reactive ketones (excluding diaryl/α,β-unsaturated/α-hetero) is 1. The average Bonchev–Trinajstić information content (AvgIpc) is 3.77. The van der Waals surface area contributed by atoms with Crippen molar-refractivity contribution in [3.8, 4) is 0 Å². The fraction of sp³-hybridized carbons (Fsp3) is 0.472. The van der Waals surface area contributed by atoms with Gasteiger partial charge in [-0.05, 0) is 66.8 Å². The van der Waals surface area contributed by atoms with Crippen LogP contribution in [0.4, 0.5) is 0 Å². The Labute approximate surface area is 260 Å². The van der Waals surface area contributed by atoms with E-state index in [4.69, 9.17) is 9.72 Å². The molecular weight excluding hydrogens is 554 g/mol. The van der Waals surface area contributed by atoms with Gasteiger partial charge in [0.25, 0.3) is 0 Å². The van der Waals surface area contributed by atoms with Crippen molar-refractivity contribution in [2.24, 2.45) is 11.8 Å². The number of likely N-dealkylation sites (tertiary alicyclic amines) is 1. The van der Waals surface area contributed by atoms with Crippen LogP contribution in [0.3, 0.4) is 0 Å². The molecule has 1 aliphatic rings. The maximum atomic E-state index is 13.7. The molecule has 6 nitrogen and oxygen atoms in total. The SMILES string of the molecule is CCC(CC)n1c(Cc2cccs2)nc2cc(C(=O)C[C@@H](CC(C)C)C(=O)N3CC[C@H](OCc4ccccc4)C3)ccc21. The molecule has 1 fully saturated rings. The number of ether oxygens (including phenoxy) is 1. The molecule has 2 aromatic heterocycles. The number of thiophene rings is 1. The Morgan fingerprint density at radius 3 is 2.53 bits per heavy atom. The van der Waals surface area contributed by atoms with Crippen molar-refractivity contribution in [2.75, 3.05) is 13.1 Å². The standard InChI is InChI=1S/C36H45N3O3S/c1-5-29(6-2)39-33-15-14-27(20-32(33)37-35(39)22-31-13-10-18-43-31)34(40)21-28(19-25(3)4)36(41)38-17-16-30(23-38)42-24-26-11-8-7-9-12-26/h7-15,18,20,25,28-30H,5-6,16-17,19,21-24H2,1-4H3/t28-,30+/m1/s1. The van der Waals surface area contributed by atoms with Crippen molar-refractivity contribution in [3.05, 3.63) is 87.9 Å². The lowest BCUT2D eigenvalue weighted by Crippen LogP contribution is -2.37. The van der Waals surface area contributed by atoms with Gasteiger partial charge in [-0.1, -0.05) is 64.1 Å². The molecule has 0 bridgehead atoms. The Morgan fingerprint density at radius 1 is 1.05 bits per heavy atom. The normalized spacial score (nSPS) is 16.0. The van der Waals surface area contributed by atoms with Crippen molar-refractivity contribution < 1.29 is 14.3 Å². The first-order chi connectivity index (χ1) is 20.9. The van der Waals surface area contributed by atoms with E-state index in [1.165, 1.54) is 4.88 Å². The zero-order chi connectivity index (χ0) is 30.3. The smallest absolute Gasteiger partial charge is 0.226 e. The van der Waals surface area contributed by atoms with Gasteiger partial charge in [0.1, 0.15) is 5.82 Å². The second-order valence-corrected chi connectivity index (χ2v) is 13.3. The number of rotatable bonds is 14. The lowest BCUT2D eigenvalue weighted by Gasteiger charge is -2.24. The summed E-state index contributed by atoms with van der Waals surface area (Å²) in [7, 11) is 0. The molecule has 0 aliphatic carbocycles. The quantitative estimate of drug-likeness (QED) is 0.137. The molecule has 0 saturated carbocycles. The van der Waals surface area contributed by atoms with Gasteiger partial charge in [0.15, 0.2) is 5.78 Å². The van der Waals surface area contributed by atoms with E-state index < -0.39 is 0 Å². The highest BCUT2D eigenvalue weighted by Crippen LogP contribution is 2.30. The second-order valence-electron chi connectivity index (χ2n) is 12.3. The summed E-state index contributed by atoms with van der Waals surface area (Å²) >= 11 is 1.75. The lowest BCUT2D eigenvalue weighted by atomic mass is 9.89. The molecular formula is C36H45N3O3S. The lowest BCUT2D eigenvalue weighted by molar-refractivity contribution is -0.135. The molecule has 0 spiro atoms. The minimum absolute atomic E-state index is 0.00821. The number of hydrogen-bond donors (Lipinski definition) is 0. The molecule has 228 valence electrons. The number of fused-ring (bicyclic) bond motifs is 1. The van der Waals surface area contributed by atoms with E-state index in [2.05, 4.69) is 68.0 Å². The van der Waals surface area contributed by atoms with Crippen molar-refractivity contribution in [1.29, 1.82) is 0 Å². The number of aromatic nitrogens is 2. The predicted molar refractivity (Wildman–Crippen MR) is 175 cm³/mol. The molecule has 3 heterocycles. The van der Waals surface area contributed by atoms with E-state index in [9.17, 15) is 9.59 Å². The third kappa shape index (κ3) is 7.63. The summed E-state index contributed by atoms with van der Waals surface area (Å²) in [6.45, 7) is 10.5. The van der Waals surface area contributed by atoms with Crippen LogP contribution in [-0.2, 0) is 22.6 Å². The van der Waals surface area contributed by atoms with Gasteiger partial charge < -0.3 is 14.2 Å². The van der Waals surface area contributed by atoms with E-state index >= 15 is 0 Å². The minimum atomic E-state index is -0.340. The summed E-state index contributed by atoms with van der Waals surface area (Å²) < 4.78 is 8.50. The van der Waals surface area contributed by atoms with Crippen LogP contribution < -0.4 is 0 Å². The molecule has 0 N–H and O–H groups in total. The third-order valence-corrected chi connectivity index (χ3v) is 9.50. The van der Waals surface area contributed by atoms with E-state index in [1.54, 1.807) is 11.3 Å². The molecule has 4 aromatic rings. The van der Waals surface area contributed by atoms with E-state index in [0.717, 1.165) is 48.1 Å². The molecule has 2 atom stereocenters. The number of carbonyl (C=O) groups is 2. The van der Waals surface area contributed by atoms with Crippen LogP contribution in [-0.4, -0.2) is 45.3 Å². The summed E-state index contributed by atoms with van der Waals surface area (Å²) in [5, 5.41) is 2.10. The molecule has 1 amide bonds.